The average molecular weight is 329 g/mol. The molecule has 0 radical (unpaired) electrons. The summed E-state index contributed by atoms with van der Waals surface area (Å²) < 4.78 is 6.85. The number of hydrogen-bond acceptors (Lipinski definition) is 3. The van der Waals surface area contributed by atoms with Crippen LogP contribution in [0, 0.1) is 0 Å². The number of pyridine rings is 1. The van der Waals surface area contributed by atoms with Crippen molar-refractivity contribution in [1.29, 1.82) is 0 Å². The summed E-state index contributed by atoms with van der Waals surface area (Å²) in [5, 5.41) is 2.29. The highest BCUT2D eigenvalue weighted by molar-refractivity contribution is 9.10. The van der Waals surface area contributed by atoms with Gasteiger partial charge < -0.3 is 10.5 Å². The van der Waals surface area contributed by atoms with Gasteiger partial charge in [0.15, 0.2) is 0 Å². The van der Waals surface area contributed by atoms with E-state index in [0.29, 0.717) is 12.4 Å². The van der Waals surface area contributed by atoms with Crippen LogP contribution >= 0.6 is 15.9 Å². The zero-order chi connectivity index (χ0) is 13.9. The molecule has 100 valence electrons. The number of fused-ring (bicyclic) bond motifs is 1. The van der Waals surface area contributed by atoms with Gasteiger partial charge in [-0.15, -0.1) is 0 Å². The van der Waals surface area contributed by atoms with Crippen LogP contribution < -0.4 is 10.5 Å². The van der Waals surface area contributed by atoms with Crippen LogP contribution in [0.25, 0.3) is 10.8 Å². The SMILES string of the molecule is NCc1cccc(Oc2ccc3cc(Br)ccc3c2)n1. The zero-order valence-corrected chi connectivity index (χ0v) is 12.3. The quantitative estimate of drug-likeness (QED) is 0.781. The lowest BCUT2D eigenvalue weighted by atomic mass is 10.1. The van der Waals surface area contributed by atoms with Crippen molar-refractivity contribution in [2.75, 3.05) is 0 Å². The Labute approximate surface area is 125 Å². The van der Waals surface area contributed by atoms with Crippen LogP contribution in [0.15, 0.2) is 59.1 Å². The number of ether oxygens (including phenoxy) is 1. The summed E-state index contributed by atoms with van der Waals surface area (Å²) >= 11 is 3.47. The number of nitrogens with zero attached hydrogens (tertiary/aromatic N) is 1. The molecule has 2 N–H and O–H groups in total. The standard InChI is InChI=1S/C16H13BrN2O/c17-13-6-4-12-9-15(7-5-11(12)8-13)20-16-3-1-2-14(10-18)19-16/h1-9H,10,18H2. The second kappa shape index (κ2) is 5.61. The van der Waals surface area contributed by atoms with E-state index in [1.165, 1.54) is 0 Å². The summed E-state index contributed by atoms with van der Waals surface area (Å²) in [5.41, 5.74) is 6.39. The Balaban J connectivity index is 1.92. The molecular weight excluding hydrogens is 316 g/mol. The topological polar surface area (TPSA) is 48.1 Å². The number of benzene rings is 2. The van der Waals surface area contributed by atoms with Crippen molar-refractivity contribution in [2.24, 2.45) is 5.73 Å². The van der Waals surface area contributed by atoms with E-state index in [9.17, 15) is 0 Å². The first-order chi connectivity index (χ1) is 9.74. The Morgan fingerprint density at radius 2 is 1.80 bits per heavy atom. The summed E-state index contributed by atoms with van der Waals surface area (Å²) in [4.78, 5) is 4.33. The minimum atomic E-state index is 0.406. The Bertz CT molecular complexity index is 758. The van der Waals surface area contributed by atoms with Crippen molar-refractivity contribution in [2.45, 2.75) is 6.54 Å². The van der Waals surface area contributed by atoms with Crippen LogP contribution in [0.2, 0.25) is 0 Å². The Kier molecular flexibility index (Phi) is 3.67. The second-order valence-corrected chi connectivity index (χ2v) is 5.34. The predicted octanol–water partition coefficient (Wildman–Crippen LogP) is 4.25. The molecule has 0 aliphatic rings. The number of halogens is 1. The largest absolute Gasteiger partial charge is 0.439 e. The van der Waals surface area contributed by atoms with E-state index in [1.54, 1.807) is 0 Å². The van der Waals surface area contributed by atoms with Crippen molar-refractivity contribution >= 4 is 26.7 Å². The van der Waals surface area contributed by atoms with Crippen molar-refractivity contribution in [3.8, 4) is 11.6 Å². The maximum absolute atomic E-state index is 5.78. The van der Waals surface area contributed by atoms with Gasteiger partial charge in [0.1, 0.15) is 5.75 Å². The first kappa shape index (κ1) is 13.1. The van der Waals surface area contributed by atoms with Crippen LogP contribution in [0.1, 0.15) is 5.69 Å². The van der Waals surface area contributed by atoms with Gasteiger partial charge in [0, 0.05) is 17.1 Å². The van der Waals surface area contributed by atoms with E-state index < -0.39 is 0 Å². The molecule has 0 unspecified atom stereocenters. The monoisotopic (exact) mass is 328 g/mol. The maximum atomic E-state index is 5.78. The molecule has 0 bridgehead atoms. The molecule has 3 aromatic rings. The lowest BCUT2D eigenvalue weighted by Crippen LogP contribution is -2.00. The molecule has 0 amide bonds. The second-order valence-electron chi connectivity index (χ2n) is 4.43. The van der Waals surface area contributed by atoms with Crippen molar-refractivity contribution in [3.63, 3.8) is 0 Å². The van der Waals surface area contributed by atoms with Gasteiger partial charge in [0.05, 0.1) is 5.69 Å². The zero-order valence-electron chi connectivity index (χ0n) is 10.7. The molecule has 3 nitrogen and oxygen atoms in total. The van der Waals surface area contributed by atoms with Gasteiger partial charge >= 0.3 is 0 Å². The lowest BCUT2D eigenvalue weighted by Gasteiger charge is -2.07. The van der Waals surface area contributed by atoms with Gasteiger partial charge in [-0.25, -0.2) is 4.98 Å². The highest BCUT2D eigenvalue weighted by Gasteiger charge is 2.02. The molecule has 0 aliphatic carbocycles. The summed E-state index contributed by atoms with van der Waals surface area (Å²) in [6.07, 6.45) is 0. The Hall–Kier alpha value is -1.91. The van der Waals surface area contributed by atoms with Crippen LogP contribution in [-0.2, 0) is 6.54 Å². The third-order valence-electron chi connectivity index (χ3n) is 2.99. The van der Waals surface area contributed by atoms with E-state index >= 15 is 0 Å². The molecule has 0 saturated carbocycles. The van der Waals surface area contributed by atoms with Gasteiger partial charge in [-0.2, -0.15) is 0 Å². The van der Waals surface area contributed by atoms with Crippen molar-refractivity contribution < 1.29 is 4.74 Å². The highest BCUT2D eigenvalue weighted by Crippen LogP contribution is 2.26. The number of nitrogens with two attached hydrogens (primary N) is 1. The first-order valence-electron chi connectivity index (χ1n) is 6.28. The van der Waals surface area contributed by atoms with Crippen LogP contribution in [0.3, 0.4) is 0 Å². The molecule has 2 aromatic carbocycles. The van der Waals surface area contributed by atoms with Crippen LogP contribution in [0.4, 0.5) is 0 Å². The maximum Gasteiger partial charge on any atom is 0.219 e. The number of rotatable bonds is 3. The number of hydrogen-bond donors (Lipinski definition) is 1. The normalized spacial score (nSPS) is 10.7. The van der Waals surface area contributed by atoms with E-state index in [1.807, 2.05) is 42.5 Å². The summed E-state index contributed by atoms with van der Waals surface area (Å²) in [6.45, 7) is 0.406. The third-order valence-corrected chi connectivity index (χ3v) is 3.48. The molecule has 0 atom stereocenters. The van der Waals surface area contributed by atoms with Gasteiger partial charge in [-0.05, 0) is 41.1 Å². The van der Waals surface area contributed by atoms with E-state index in [2.05, 4.69) is 33.0 Å². The van der Waals surface area contributed by atoms with E-state index in [-0.39, 0.29) is 0 Å². The molecule has 1 heterocycles. The molecular formula is C16H13BrN2O. The van der Waals surface area contributed by atoms with Gasteiger partial charge in [0.25, 0.3) is 0 Å². The third kappa shape index (κ3) is 2.81. The van der Waals surface area contributed by atoms with Crippen molar-refractivity contribution in [3.05, 3.63) is 64.8 Å². The first-order valence-corrected chi connectivity index (χ1v) is 7.07. The molecule has 20 heavy (non-hydrogen) atoms. The number of aromatic nitrogens is 1. The molecule has 3 rings (SSSR count). The predicted molar refractivity (Wildman–Crippen MR) is 83.9 cm³/mol. The van der Waals surface area contributed by atoms with Gasteiger partial charge in [-0.3, -0.25) is 0 Å². The summed E-state index contributed by atoms with van der Waals surface area (Å²) in [5.74, 6) is 1.32. The fourth-order valence-electron chi connectivity index (χ4n) is 2.01. The van der Waals surface area contributed by atoms with E-state index in [0.717, 1.165) is 26.7 Å². The molecule has 0 aliphatic heterocycles. The molecule has 0 fully saturated rings. The van der Waals surface area contributed by atoms with Gasteiger partial charge in [-0.1, -0.05) is 34.1 Å². The fraction of sp³-hybridized carbons (Fsp3) is 0.0625. The lowest BCUT2D eigenvalue weighted by molar-refractivity contribution is 0.461. The average Bonchev–Trinajstić information content (AvgIpc) is 2.47. The minimum absolute atomic E-state index is 0.406. The molecule has 4 heteroatoms. The van der Waals surface area contributed by atoms with Crippen molar-refractivity contribution in [1.82, 2.24) is 4.98 Å². The van der Waals surface area contributed by atoms with E-state index in [4.69, 9.17) is 10.5 Å². The highest BCUT2D eigenvalue weighted by atomic mass is 79.9. The van der Waals surface area contributed by atoms with Gasteiger partial charge in [0.2, 0.25) is 5.88 Å². The molecule has 0 saturated heterocycles. The minimum Gasteiger partial charge on any atom is -0.439 e. The summed E-state index contributed by atoms with van der Waals surface area (Å²) in [7, 11) is 0. The van der Waals surface area contributed by atoms with Crippen LogP contribution in [-0.4, -0.2) is 4.98 Å². The smallest absolute Gasteiger partial charge is 0.219 e. The summed E-state index contributed by atoms with van der Waals surface area (Å²) in [6, 6.07) is 17.7. The Morgan fingerprint density at radius 3 is 2.65 bits per heavy atom. The molecule has 1 aromatic heterocycles. The molecule has 0 spiro atoms. The fourth-order valence-corrected chi connectivity index (χ4v) is 2.39. The van der Waals surface area contributed by atoms with Crippen LogP contribution in [0.5, 0.6) is 11.6 Å². The Morgan fingerprint density at radius 1 is 1.00 bits per heavy atom.